The average Bonchev–Trinajstić information content (AvgIpc) is 2.31. The van der Waals surface area contributed by atoms with Gasteiger partial charge in [0.25, 0.3) is 0 Å². The zero-order valence-electron chi connectivity index (χ0n) is 12.3. The average molecular weight is 306 g/mol. The fraction of sp³-hybridized carbons (Fsp3) is 0.750. The molecule has 0 aliphatic rings. The highest BCUT2D eigenvalue weighted by Gasteiger charge is 2.25. The molecule has 21 heavy (non-hydrogen) atoms. The molecule has 0 radical (unpaired) electrons. The molecule has 0 spiro atoms. The Bertz CT molecular complexity index is 378. The molecule has 0 aromatic rings. The molecule has 0 fully saturated rings. The van der Waals surface area contributed by atoms with Gasteiger partial charge in [0.15, 0.2) is 0 Å². The maximum absolute atomic E-state index is 11.5. The van der Waals surface area contributed by atoms with Crippen LogP contribution in [0.2, 0.25) is 0 Å². The van der Waals surface area contributed by atoms with Crippen molar-refractivity contribution < 1.29 is 34.4 Å². The molecule has 0 rings (SSSR count). The van der Waals surface area contributed by atoms with Gasteiger partial charge in [-0.05, 0) is 20.8 Å². The lowest BCUT2D eigenvalue weighted by molar-refractivity contribution is -0.139. The van der Waals surface area contributed by atoms with Crippen LogP contribution in [0.25, 0.3) is 0 Å². The molecule has 0 bridgehead atoms. The molecule has 0 heterocycles. The number of carboxylic acid groups (broad SMARTS) is 1. The third kappa shape index (κ3) is 8.82. The molecule has 2 atom stereocenters. The Labute approximate surface area is 122 Å². The fourth-order valence-corrected chi connectivity index (χ4v) is 1.22. The Morgan fingerprint density at radius 3 is 2.24 bits per heavy atom. The third-order valence-electron chi connectivity index (χ3n) is 2.17. The summed E-state index contributed by atoms with van der Waals surface area (Å²) in [6, 6.07) is -1.40. The van der Waals surface area contributed by atoms with E-state index >= 15 is 0 Å². The van der Waals surface area contributed by atoms with Crippen molar-refractivity contribution in [3.63, 3.8) is 0 Å². The van der Waals surface area contributed by atoms with E-state index in [0.29, 0.717) is 0 Å². The Hall–Kier alpha value is -1.87. The van der Waals surface area contributed by atoms with Crippen molar-refractivity contribution in [3.05, 3.63) is 0 Å². The van der Waals surface area contributed by atoms with Gasteiger partial charge in [0, 0.05) is 19.6 Å². The lowest BCUT2D eigenvalue weighted by Gasteiger charge is -2.22. The minimum absolute atomic E-state index is 0.164. The summed E-state index contributed by atoms with van der Waals surface area (Å²) in [6.07, 6.45) is -2.53. The highest BCUT2D eigenvalue weighted by molar-refractivity contribution is 5.83. The number of ether oxygens (including phenoxy) is 1. The largest absolute Gasteiger partial charge is 0.480 e. The third-order valence-corrected chi connectivity index (χ3v) is 2.17. The Kier molecular flexibility index (Phi) is 7.67. The second kappa shape index (κ2) is 8.42. The molecule has 0 aliphatic heterocycles. The summed E-state index contributed by atoms with van der Waals surface area (Å²) in [5, 5.41) is 31.1. The van der Waals surface area contributed by atoms with Gasteiger partial charge in [-0.1, -0.05) is 0 Å². The molecule has 9 nitrogen and oxygen atoms in total. The van der Waals surface area contributed by atoms with Crippen LogP contribution in [-0.2, 0) is 14.3 Å². The monoisotopic (exact) mass is 306 g/mol. The van der Waals surface area contributed by atoms with E-state index in [1.54, 1.807) is 20.8 Å². The van der Waals surface area contributed by atoms with Crippen molar-refractivity contribution in [2.75, 3.05) is 13.2 Å². The number of hydrogen-bond donors (Lipinski definition) is 5. The first kappa shape index (κ1) is 19.1. The maximum Gasteiger partial charge on any atom is 0.408 e. The van der Waals surface area contributed by atoms with Crippen LogP contribution in [-0.4, -0.2) is 64.2 Å². The molecule has 0 aromatic heterocycles. The molecule has 0 aromatic carbocycles. The van der Waals surface area contributed by atoms with Crippen LogP contribution < -0.4 is 10.6 Å². The first-order chi connectivity index (χ1) is 9.56. The molecule has 0 unspecified atom stereocenters. The molecule has 5 N–H and O–H groups in total. The molecule has 0 saturated heterocycles. The van der Waals surface area contributed by atoms with Crippen molar-refractivity contribution in [2.45, 2.75) is 44.9 Å². The van der Waals surface area contributed by atoms with Gasteiger partial charge in [0.1, 0.15) is 17.7 Å². The van der Waals surface area contributed by atoms with Crippen LogP contribution in [0.3, 0.4) is 0 Å². The SMILES string of the molecule is CC(C)(C)OC(=O)N[C@@H](CNC(=O)[C@@H](O)CCO)C(=O)O. The summed E-state index contributed by atoms with van der Waals surface area (Å²) in [4.78, 5) is 33.8. The van der Waals surface area contributed by atoms with Crippen molar-refractivity contribution in [3.8, 4) is 0 Å². The van der Waals surface area contributed by atoms with Crippen molar-refractivity contribution in [1.82, 2.24) is 10.6 Å². The summed E-state index contributed by atoms with van der Waals surface area (Å²) in [7, 11) is 0. The first-order valence-corrected chi connectivity index (χ1v) is 6.35. The molecular formula is C12H22N2O7. The van der Waals surface area contributed by atoms with Gasteiger partial charge in [0.05, 0.1) is 0 Å². The van der Waals surface area contributed by atoms with E-state index in [1.165, 1.54) is 0 Å². The first-order valence-electron chi connectivity index (χ1n) is 6.35. The van der Waals surface area contributed by atoms with Crippen molar-refractivity contribution in [2.24, 2.45) is 0 Å². The highest BCUT2D eigenvalue weighted by atomic mass is 16.6. The van der Waals surface area contributed by atoms with E-state index in [-0.39, 0.29) is 13.0 Å². The van der Waals surface area contributed by atoms with Crippen LogP contribution in [0.4, 0.5) is 4.79 Å². The van der Waals surface area contributed by atoms with Gasteiger partial charge in [-0.15, -0.1) is 0 Å². The summed E-state index contributed by atoms with van der Waals surface area (Å²) in [5.41, 5.74) is -0.784. The number of alkyl carbamates (subject to hydrolysis) is 1. The molecular weight excluding hydrogens is 284 g/mol. The summed E-state index contributed by atoms with van der Waals surface area (Å²) < 4.78 is 4.90. The minimum atomic E-state index is -1.44. The molecule has 2 amide bonds. The van der Waals surface area contributed by atoms with E-state index in [0.717, 1.165) is 0 Å². The number of hydrogen-bond acceptors (Lipinski definition) is 6. The van der Waals surface area contributed by atoms with Gasteiger partial charge in [-0.25, -0.2) is 9.59 Å². The topological polar surface area (TPSA) is 145 Å². The van der Waals surface area contributed by atoms with Crippen molar-refractivity contribution in [1.29, 1.82) is 0 Å². The van der Waals surface area contributed by atoms with Crippen LogP contribution >= 0.6 is 0 Å². The number of aliphatic hydroxyl groups is 2. The number of rotatable bonds is 7. The van der Waals surface area contributed by atoms with E-state index in [4.69, 9.17) is 14.9 Å². The van der Waals surface area contributed by atoms with Crippen LogP contribution in [0, 0.1) is 0 Å². The number of carbonyl (C=O) groups is 3. The number of carbonyl (C=O) groups excluding carboxylic acids is 2. The highest BCUT2D eigenvalue weighted by Crippen LogP contribution is 2.06. The van der Waals surface area contributed by atoms with Crippen molar-refractivity contribution >= 4 is 18.0 Å². The van der Waals surface area contributed by atoms with E-state index in [1.807, 2.05) is 0 Å². The smallest absolute Gasteiger partial charge is 0.408 e. The number of amides is 2. The zero-order valence-corrected chi connectivity index (χ0v) is 12.3. The van der Waals surface area contributed by atoms with Gasteiger partial charge in [-0.3, -0.25) is 4.79 Å². The fourth-order valence-electron chi connectivity index (χ4n) is 1.22. The Morgan fingerprint density at radius 2 is 1.81 bits per heavy atom. The quantitative estimate of drug-likeness (QED) is 0.398. The summed E-state index contributed by atoms with van der Waals surface area (Å²) >= 11 is 0. The number of nitrogens with one attached hydrogen (secondary N) is 2. The van der Waals surface area contributed by atoms with Crippen LogP contribution in [0.5, 0.6) is 0 Å². The standard InChI is InChI=1S/C12H22N2O7/c1-12(2,3)21-11(20)14-7(10(18)19)6-13-9(17)8(16)4-5-15/h7-8,15-16H,4-6H2,1-3H3,(H,13,17)(H,14,20)(H,18,19)/t7-,8-/m0/s1. The second-order valence-corrected chi connectivity index (χ2v) is 5.31. The van der Waals surface area contributed by atoms with Crippen LogP contribution in [0.15, 0.2) is 0 Å². The van der Waals surface area contributed by atoms with Crippen LogP contribution in [0.1, 0.15) is 27.2 Å². The van der Waals surface area contributed by atoms with Gasteiger partial charge < -0.3 is 30.7 Å². The number of aliphatic hydroxyl groups excluding tert-OH is 2. The van der Waals surface area contributed by atoms with Gasteiger partial charge in [0.2, 0.25) is 5.91 Å². The van der Waals surface area contributed by atoms with E-state index in [2.05, 4.69) is 10.6 Å². The van der Waals surface area contributed by atoms with Gasteiger partial charge in [-0.2, -0.15) is 0 Å². The zero-order chi connectivity index (χ0) is 16.6. The van der Waals surface area contributed by atoms with Gasteiger partial charge >= 0.3 is 12.1 Å². The Balaban J connectivity index is 4.42. The Morgan fingerprint density at radius 1 is 1.24 bits per heavy atom. The number of aliphatic carboxylic acids is 1. The number of carboxylic acids is 1. The molecule has 9 heteroatoms. The second-order valence-electron chi connectivity index (χ2n) is 5.31. The minimum Gasteiger partial charge on any atom is -0.480 e. The predicted molar refractivity (Wildman–Crippen MR) is 71.5 cm³/mol. The summed E-state index contributed by atoms with van der Waals surface area (Å²) in [6.45, 7) is 4.06. The maximum atomic E-state index is 11.5. The predicted octanol–water partition coefficient (Wildman–Crippen LogP) is -1.18. The lowest BCUT2D eigenvalue weighted by atomic mass is 10.2. The van der Waals surface area contributed by atoms with E-state index < -0.39 is 42.3 Å². The normalized spacial score (nSPS) is 14.0. The molecule has 122 valence electrons. The molecule has 0 saturated carbocycles. The van der Waals surface area contributed by atoms with E-state index in [9.17, 15) is 19.5 Å². The molecule has 0 aliphatic carbocycles. The lowest BCUT2D eigenvalue weighted by Crippen LogP contribution is -2.51. The summed E-state index contributed by atoms with van der Waals surface area (Å²) in [5.74, 6) is -2.20.